The molecule has 210 valence electrons. The van der Waals surface area contributed by atoms with Gasteiger partial charge in [-0.1, -0.05) is 12.1 Å². The molecule has 38 heavy (non-hydrogen) atoms. The maximum Gasteiger partial charge on any atom is 0.322 e. The largest absolute Gasteiger partial charge is 0.508 e. The Morgan fingerprint density at radius 3 is 1.97 bits per heavy atom. The molecule has 0 heterocycles. The minimum Gasteiger partial charge on any atom is -0.508 e. The number of carboxylic acids is 1. The van der Waals surface area contributed by atoms with Crippen LogP contribution in [-0.2, 0) is 35.2 Å². The van der Waals surface area contributed by atoms with Crippen molar-refractivity contribution in [2.24, 2.45) is 11.5 Å². The van der Waals surface area contributed by atoms with Crippen LogP contribution >= 0.6 is 0 Å². The maximum atomic E-state index is 12.8. The summed E-state index contributed by atoms with van der Waals surface area (Å²) in [5.74, 6) is -6.28. The lowest BCUT2D eigenvalue weighted by Crippen LogP contribution is -2.61. The molecule has 1 aromatic carbocycles. The van der Waals surface area contributed by atoms with E-state index >= 15 is 0 Å². The van der Waals surface area contributed by atoms with Gasteiger partial charge in [0.15, 0.2) is 0 Å². The molecule has 0 saturated heterocycles. The number of aliphatic hydroxyl groups is 2. The van der Waals surface area contributed by atoms with Crippen molar-refractivity contribution in [2.45, 2.75) is 50.0 Å². The Morgan fingerprint density at radius 1 is 0.895 bits per heavy atom. The number of rotatable bonds is 15. The van der Waals surface area contributed by atoms with Crippen LogP contribution < -0.4 is 32.7 Å². The lowest BCUT2D eigenvalue weighted by molar-refractivity contribution is -0.139. The number of primary amides is 1. The zero-order valence-electron chi connectivity index (χ0n) is 20.4. The highest BCUT2D eigenvalue weighted by Crippen LogP contribution is 2.11. The van der Waals surface area contributed by atoms with Gasteiger partial charge in [0.25, 0.3) is 0 Å². The van der Waals surface area contributed by atoms with Crippen LogP contribution in [0.1, 0.15) is 18.9 Å². The first-order chi connectivity index (χ1) is 17.7. The highest BCUT2D eigenvalue weighted by atomic mass is 16.4. The Bertz CT molecular complexity index is 1020. The number of aromatic hydroxyl groups is 1. The van der Waals surface area contributed by atoms with Crippen LogP contribution in [0.3, 0.4) is 0 Å². The molecule has 0 saturated carbocycles. The molecule has 5 atom stereocenters. The van der Waals surface area contributed by atoms with E-state index < -0.39 is 85.3 Å². The smallest absolute Gasteiger partial charge is 0.322 e. The molecule has 0 aliphatic heterocycles. The fraction of sp³-hybridized carbons (Fsp3) is 0.455. The molecule has 0 spiro atoms. The Morgan fingerprint density at radius 2 is 1.47 bits per heavy atom. The van der Waals surface area contributed by atoms with E-state index in [4.69, 9.17) is 16.6 Å². The van der Waals surface area contributed by atoms with E-state index in [-0.39, 0.29) is 12.2 Å². The van der Waals surface area contributed by atoms with E-state index in [1.54, 1.807) is 0 Å². The molecule has 0 bridgehead atoms. The third-order valence-corrected chi connectivity index (χ3v) is 5.06. The summed E-state index contributed by atoms with van der Waals surface area (Å²) in [5.41, 5.74) is 11.0. The summed E-state index contributed by atoms with van der Waals surface area (Å²) in [6.07, 6.45) is -2.17. The van der Waals surface area contributed by atoms with Gasteiger partial charge < -0.3 is 53.2 Å². The molecule has 0 fully saturated rings. The van der Waals surface area contributed by atoms with Gasteiger partial charge in [-0.15, -0.1) is 0 Å². The quantitative estimate of drug-likeness (QED) is 0.101. The normalized spacial score (nSPS) is 14.6. The van der Waals surface area contributed by atoms with Crippen molar-refractivity contribution >= 4 is 35.5 Å². The number of nitrogens with two attached hydrogens (primary N) is 2. The van der Waals surface area contributed by atoms with Crippen molar-refractivity contribution in [1.82, 2.24) is 21.3 Å². The molecule has 12 N–H and O–H groups in total. The molecule has 0 radical (unpaired) electrons. The molecular weight excluding hydrogens is 508 g/mol. The van der Waals surface area contributed by atoms with Crippen molar-refractivity contribution in [3.8, 4) is 5.75 Å². The van der Waals surface area contributed by atoms with E-state index in [2.05, 4.69) is 21.3 Å². The van der Waals surface area contributed by atoms with Crippen LogP contribution in [0.15, 0.2) is 24.3 Å². The minimum atomic E-state index is -1.66. The second kappa shape index (κ2) is 15.1. The molecule has 5 unspecified atom stereocenters. The van der Waals surface area contributed by atoms with Crippen molar-refractivity contribution < 1.29 is 49.2 Å². The van der Waals surface area contributed by atoms with Crippen molar-refractivity contribution in [3.05, 3.63) is 29.8 Å². The Labute approximate surface area is 216 Å². The number of nitrogens with one attached hydrogen (secondary N) is 4. The predicted octanol–water partition coefficient (Wildman–Crippen LogP) is -4.83. The first-order valence-corrected chi connectivity index (χ1v) is 11.3. The average molecular weight is 541 g/mol. The molecule has 16 heteroatoms. The fourth-order valence-corrected chi connectivity index (χ4v) is 3.07. The summed E-state index contributed by atoms with van der Waals surface area (Å²) in [6.45, 7) is -0.546. The number of aliphatic carboxylic acids is 1. The number of phenols is 1. The second-order valence-corrected chi connectivity index (χ2v) is 8.29. The van der Waals surface area contributed by atoms with E-state index in [9.17, 15) is 44.1 Å². The van der Waals surface area contributed by atoms with Crippen molar-refractivity contribution in [3.63, 3.8) is 0 Å². The Balaban J connectivity index is 2.99. The van der Waals surface area contributed by atoms with Gasteiger partial charge in [-0.3, -0.25) is 28.8 Å². The van der Waals surface area contributed by atoms with Crippen LogP contribution in [0.4, 0.5) is 0 Å². The standard InChI is InChI=1S/C22H32N6O10/c1-10(30)18(28-19(35)13(23)7-16(24)32)22(38)27-15(9-29)21(37)26-14(20(36)25-8-17(33)34)6-11-2-4-12(31)5-3-11/h2-5,10,13-15,18,29-31H,6-9,23H2,1H3,(H2,24,32)(H,25,36)(H,26,37)(H,27,38)(H,28,35)(H,33,34). The average Bonchev–Trinajstić information content (AvgIpc) is 2.83. The van der Waals surface area contributed by atoms with Crippen LogP contribution in [0.2, 0.25) is 0 Å². The fourth-order valence-electron chi connectivity index (χ4n) is 3.07. The highest BCUT2D eigenvalue weighted by Gasteiger charge is 2.32. The van der Waals surface area contributed by atoms with E-state index in [0.29, 0.717) is 5.56 Å². The third-order valence-electron chi connectivity index (χ3n) is 5.06. The van der Waals surface area contributed by atoms with Gasteiger partial charge in [-0.05, 0) is 24.6 Å². The van der Waals surface area contributed by atoms with Gasteiger partial charge in [0.1, 0.15) is 30.4 Å². The van der Waals surface area contributed by atoms with Crippen LogP contribution in [0.5, 0.6) is 5.75 Å². The predicted molar refractivity (Wildman–Crippen MR) is 129 cm³/mol. The number of hydrogen-bond acceptors (Lipinski definition) is 10. The van der Waals surface area contributed by atoms with Gasteiger partial charge in [-0.25, -0.2) is 0 Å². The number of hydrogen-bond donors (Lipinski definition) is 10. The number of benzene rings is 1. The zero-order valence-corrected chi connectivity index (χ0v) is 20.4. The summed E-state index contributed by atoms with van der Waals surface area (Å²) in [7, 11) is 0. The summed E-state index contributed by atoms with van der Waals surface area (Å²) in [6, 6.07) is -0.476. The lowest BCUT2D eigenvalue weighted by atomic mass is 10.0. The van der Waals surface area contributed by atoms with Crippen LogP contribution in [-0.4, -0.2) is 99.4 Å². The summed E-state index contributed by atoms with van der Waals surface area (Å²) in [4.78, 5) is 71.9. The highest BCUT2D eigenvalue weighted by molar-refractivity contribution is 5.96. The lowest BCUT2D eigenvalue weighted by Gasteiger charge is -2.26. The summed E-state index contributed by atoms with van der Waals surface area (Å²) >= 11 is 0. The molecule has 0 aliphatic rings. The minimum absolute atomic E-state index is 0.0527. The number of aliphatic hydroxyl groups excluding tert-OH is 2. The molecule has 5 amide bonds. The van der Waals surface area contributed by atoms with Crippen LogP contribution in [0.25, 0.3) is 0 Å². The van der Waals surface area contributed by atoms with Gasteiger partial charge in [0.2, 0.25) is 29.5 Å². The maximum absolute atomic E-state index is 12.8. The monoisotopic (exact) mass is 540 g/mol. The van der Waals surface area contributed by atoms with Gasteiger partial charge in [0.05, 0.1) is 25.2 Å². The van der Waals surface area contributed by atoms with Gasteiger partial charge >= 0.3 is 5.97 Å². The van der Waals surface area contributed by atoms with Crippen molar-refractivity contribution in [1.29, 1.82) is 0 Å². The number of carboxylic acid groups (broad SMARTS) is 1. The van der Waals surface area contributed by atoms with E-state index in [1.807, 2.05) is 0 Å². The number of carbonyl (C=O) groups excluding carboxylic acids is 5. The Hall–Kier alpha value is -4.28. The molecule has 16 nitrogen and oxygen atoms in total. The third kappa shape index (κ3) is 10.8. The van der Waals surface area contributed by atoms with Crippen LogP contribution in [0, 0.1) is 0 Å². The van der Waals surface area contributed by atoms with Gasteiger partial charge in [0, 0.05) is 6.42 Å². The Kier molecular flexibility index (Phi) is 12.6. The van der Waals surface area contributed by atoms with E-state index in [0.717, 1.165) is 6.92 Å². The summed E-state index contributed by atoms with van der Waals surface area (Å²) < 4.78 is 0. The van der Waals surface area contributed by atoms with Crippen molar-refractivity contribution in [2.75, 3.05) is 13.2 Å². The topological polar surface area (TPSA) is 284 Å². The first-order valence-electron chi connectivity index (χ1n) is 11.3. The molecule has 1 rings (SSSR count). The summed E-state index contributed by atoms with van der Waals surface area (Å²) in [5, 5.41) is 46.5. The molecular formula is C22H32N6O10. The number of phenolic OH excluding ortho intramolecular Hbond substituents is 1. The molecule has 1 aromatic rings. The second-order valence-electron chi connectivity index (χ2n) is 8.29. The van der Waals surface area contributed by atoms with Gasteiger partial charge in [-0.2, -0.15) is 0 Å². The SMILES string of the molecule is CC(O)C(NC(=O)C(N)CC(N)=O)C(=O)NC(CO)C(=O)NC(Cc1ccc(O)cc1)C(=O)NCC(=O)O. The van der Waals surface area contributed by atoms with E-state index in [1.165, 1.54) is 24.3 Å². The molecule has 0 aromatic heterocycles. The first kappa shape index (κ1) is 31.7. The number of carbonyl (C=O) groups is 6. The number of amides is 5. The zero-order chi connectivity index (χ0) is 29.0. The molecule has 0 aliphatic carbocycles.